The molecule has 5 nitrogen and oxygen atoms in total. The lowest BCUT2D eigenvalue weighted by Crippen LogP contribution is -1.90. The first-order chi connectivity index (χ1) is 10.1. The van der Waals surface area contributed by atoms with E-state index in [9.17, 15) is 15.1 Å². The third kappa shape index (κ3) is 2.23. The summed E-state index contributed by atoms with van der Waals surface area (Å²) in [5.41, 5.74) is 1.93. The summed E-state index contributed by atoms with van der Waals surface area (Å²) in [7, 11) is 0. The fourth-order valence-corrected chi connectivity index (χ4v) is 2.40. The van der Waals surface area contributed by atoms with Crippen LogP contribution in [0.4, 0.5) is 0 Å². The molecule has 0 fully saturated rings. The van der Waals surface area contributed by atoms with Gasteiger partial charge in [0.2, 0.25) is 0 Å². The number of phenolic OH excluding ortho intramolecular Hbond substituents is 2. The normalized spacial score (nSPS) is 12.4. The molecule has 5 heteroatoms. The Balaban J connectivity index is 2.30. The average molecular weight is 283 g/mol. The topological polar surface area (TPSA) is 83.0 Å². The van der Waals surface area contributed by atoms with Gasteiger partial charge in [0.15, 0.2) is 0 Å². The van der Waals surface area contributed by atoms with Crippen molar-refractivity contribution in [3.8, 4) is 22.8 Å². The number of aromatic hydroxyl groups is 2. The van der Waals surface area contributed by atoms with Crippen LogP contribution in [0.3, 0.4) is 0 Å². The number of hydrogen-bond donors (Lipinski definition) is 2. The number of fused-ring (bicyclic) bond motifs is 1. The first kappa shape index (κ1) is 13.2. The van der Waals surface area contributed by atoms with Crippen molar-refractivity contribution in [2.45, 2.75) is 13.0 Å². The molecule has 106 valence electrons. The van der Waals surface area contributed by atoms with E-state index >= 15 is 0 Å². The van der Waals surface area contributed by atoms with Gasteiger partial charge in [-0.05, 0) is 49.4 Å². The van der Waals surface area contributed by atoms with Gasteiger partial charge in [0.25, 0.3) is 0 Å². The minimum Gasteiger partial charge on any atom is -0.508 e. The Morgan fingerprint density at radius 3 is 2.38 bits per heavy atom. The molecule has 0 aliphatic heterocycles. The van der Waals surface area contributed by atoms with Crippen molar-refractivity contribution in [3.05, 3.63) is 52.9 Å². The largest absolute Gasteiger partial charge is 0.508 e. The third-order valence-corrected chi connectivity index (χ3v) is 3.42. The fraction of sp³-hybridized carbons (Fsp3) is 0.125. The SMILES string of the molecule is CC(N=O)c1c(-c2ccc(O)cc2)oc2ccc(O)cc12. The van der Waals surface area contributed by atoms with Crippen LogP contribution in [-0.2, 0) is 0 Å². The van der Waals surface area contributed by atoms with Crippen LogP contribution in [0.2, 0.25) is 0 Å². The van der Waals surface area contributed by atoms with E-state index in [-0.39, 0.29) is 11.5 Å². The summed E-state index contributed by atoms with van der Waals surface area (Å²) in [6.45, 7) is 1.67. The van der Waals surface area contributed by atoms with E-state index in [0.29, 0.717) is 22.3 Å². The minimum absolute atomic E-state index is 0.0971. The molecule has 0 amide bonds. The summed E-state index contributed by atoms with van der Waals surface area (Å²) < 4.78 is 5.81. The highest BCUT2D eigenvalue weighted by molar-refractivity contribution is 5.89. The van der Waals surface area contributed by atoms with Crippen molar-refractivity contribution in [1.82, 2.24) is 0 Å². The summed E-state index contributed by atoms with van der Waals surface area (Å²) >= 11 is 0. The van der Waals surface area contributed by atoms with Crippen molar-refractivity contribution >= 4 is 11.0 Å². The molecule has 0 saturated carbocycles. The summed E-state index contributed by atoms with van der Waals surface area (Å²) in [6.07, 6.45) is 0. The van der Waals surface area contributed by atoms with E-state index in [1.807, 2.05) is 0 Å². The molecule has 21 heavy (non-hydrogen) atoms. The number of benzene rings is 2. The second-order valence-corrected chi connectivity index (χ2v) is 4.85. The molecule has 0 radical (unpaired) electrons. The van der Waals surface area contributed by atoms with Crippen molar-refractivity contribution in [1.29, 1.82) is 0 Å². The maximum atomic E-state index is 11.0. The van der Waals surface area contributed by atoms with Crippen LogP contribution < -0.4 is 0 Å². The molecule has 3 rings (SSSR count). The summed E-state index contributed by atoms with van der Waals surface area (Å²) in [4.78, 5) is 11.0. The highest BCUT2D eigenvalue weighted by atomic mass is 16.3. The fourth-order valence-electron chi connectivity index (χ4n) is 2.40. The Kier molecular flexibility index (Phi) is 3.10. The molecule has 0 saturated heterocycles. The Hall–Kier alpha value is -2.82. The van der Waals surface area contributed by atoms with Gasteiger partial charge in [-0.15, -0.1) is 0 Å². The number of furan rings is 1. The molecule has 2 N–H and O–H groups in total. The van der Waals surface area contributed by atoms with Gasteiger partial charge in [-0.2, -0.15) is 4.91 Å². The smallest absolute Gasteiger partial charge is 0.140 e. The highest BCUT2D eigenvalue weighted by Crippen LogP contribution is 2.40. The van der Waals surface area contributed by atoms with E-state index in [2.05, 4.69) is 5.18 Å². The van der Waals surface area contributed by atoms with Gasteiger partial charge in [0.05, 0.1) is 0 Å². The Labute approximate surface area is 120 Å². The molecule has 0 spiro atoms. The van der Waals surface area contributed by atoms with Crippen LogP contribution in [0.15, 0.2) is 52.1 Å². The average Bonchev–Trinajstić information content (AvgIpc) is 2.85. The van der Waals surface area contributed by atoms with E-state index in [1.54, 1.807) is 43.3 Å². The first-order valence-electron chi connectivity index (χ1n) is 6.47. The molecule has 1 heterocycles. The minimum atomic E-state index is -0.614. The maximum absolute atomic E-state index is 11.0. The van der Waals surface area contributed by atoms with Gasteiger partial charge in [0, 0.05) is 16.5 Å². The lowest BCUT2D eigenvalue weighted by Gasteiger charge is -2.05. The number of nitrogens with zero attached hydrogens (tertiary/aromatic N) is 1. The number of phenols is 2. The summed E-state index contributed by atoms with van der Waals surface area (Å²) in [5, 5.41) is 22.7. The van der Waals surface area contributed by atoms with E-state index in [1.165, 1.54) is 6.07 Å². The molecule has 0 bridgehead atoms. The lowest BCUT2D eigenvalue weighted by molar-refractivity contribution is 0.475. The zero-order valence-electron chi connectivity index (χ0n) is 11.3. The monoisotopic (exact) mass is 283 g/mol. The first-order valence-corrected chi connectivity index (χ1v) is 6.47. The van der Waals surface area contributed by atoms with Gasteiger partial charge >= 0.3 is 0 Å². The molecule has 1 aromatic heterocycles. The second kappa shape index (κ2) is 4.94. The Morgan fingerprint density at radius 1 is 1.05 bits per heavy atom. The summed E-state index contributed by atoms with van der Waals surface area (Å²) in [6, 6.07) is 10.6. The predicted molar refractivity (Wildman–Crippen MR) is 79.2 cm³/mol. The Bertz CT molecular complexity index is 805. The lowest BCUT2D eigenvalue weighted by atomic mass is 10.0. The molecule has 0 aliphatic carbocycles. The van der Waals surface area contributed by atoms with Gasteiger partial charge in [0.1, 0.15) is 28.9 Å². The molecule has 1 atom stereocenters. The molecule has 0 aliphatic rings. The number of rotatable bonds is 3. The Morgan fingerprint density at radius 2 is 1.71 bits per heavy atom. The van der Waals surface area contributed by atoms with E-state index < -0.39 is 6.04 Å². The second-order valence-electron chi connectivity index (χ2n) is 4.85. The van der Waals surface area contributed by atoms with Crippen molar-refractivity contribution in [3.63, 3.8) is 0 Å². The van der Waals surface area contributed by atoms with E-state index in [0.717, 1.165) is 5.56 Å². The summed E-state index contributed by atoms with van der Waals surface area (Å²) in [5.74, 6) is 0.762. The zero-order chi connectivity index (χ0) is 15.0. The van der Waals surface area contributed by atoms with Gasteiger partial charge < -0.3 is 14.6 Å². The quantitative estimate of drug-likeness (QED) is 0.700. The molecular weight excluding hydrogens is 270 g/mol. The van der Waals surface area contributed by atoms with E-state index in [4.69, 9.17) is 4.42 Å². The van der Waals surface area contributed by atoms with Crippen LogP contribution in [0.5, 0.6) is 11.5 Å². The zero-order valence-corrected chi connectivity index (χ0v) is 11.3. The molecule has 3 aromatic rings. The highest BCUT2D eigenvalue weighted by Gasteiger charge is 2.21. The van der Waals surface area contributed by atoms with Crippen molar-refractivity contribution < 1.29 is 14.6 Å². The van der Waals surface area contributed by atoms with Crippen LogP contribution in [0.25, 0.3) is 22.3 Å². The molecular formula is C16H13NO4. The van der Waals surface area contributed by atoms with Gasteiger partial charge in [-0.3, -0.25) is 0 Å². The van der Waals surface area contributed by atoms with Gasteiger partial charge in [-0.25, -0.2) is 0 Å². The number of nitroso groups, excluding NO2 is 1. The molecule has 1 unspecified atom stereocenters. The predicted octanol–water partition coefficient (Wildman–Crippen LogP) is 4.34. The maximum Gasteiger partial charge on any atom is 0.140 e. The van der Waals surface area contributed by atoms with Crippen LogP contribution in [0.1, 0.15) is 18.5 Å². The van der Waals surface area contributed by atoms with Crippen LogP contribution in [-0.4, -0.2) is 10.2 Å². The van der Waals surface area contributed by atoms with Gasteiger partial charge in [-0.1, -0.05) is 5.18 Å². The van der Waals surface area contributed by atoms with Crippen molar-refractivity contribution in [2.24, 2.45) is 5.18 Å². The van der Waals surface area contributed by atoms with Crippen LogP contribution in [0, 0.1) is 4.91 Å². The standard InChI is InChI=1S/C16H13NO4/c1-9(17-20)15-13-8-12(19)6-7-14(13)21-16(15)10-2-4-11(18)5-3-10/h2-9,18-19H,1H3. The van der Waals surface area contributed by atoms with Crippen molar-refractivity contribution in [2.75, 3.05) is 0 Å². The third-order valence-electron chi connectivity index (χ3n) is 3.42. The molecule has 2 aromatic carbocycles. The number of hydrogen-bond acceptors (Lipinski definition) is 5. The van der Waals surface area contributed by atoms with Crippen LogP contribution >= 0.6 is 0 Å².